The van der Waals surface area contributed by atoms with Gasteiger partial charge < -0.3 is 9.80 Å². The van der Waals surface area contributed by atoms with Gasteiger partial charge >= 0.3 is 11.8 Å². The van der Waals surface area contributed by atoms with Gasteiger partial charge in [-0.1, -0.05) is 67.6 Å². The Morgan fingerprint density at radius 1 is 0.806 bits per heavy atom. The molecule has 1 unspecified atom stereocenters. The molecule has 2 aromatic carbocycles. The first kappa shape index (κ1) is 21.6. The summed E-state index contributed by atoms with van der Waals surface area (Å²) in [6.07, 6.45) is 4.08. The molecule has 2 amide bonds. The largest absolute Gasteiger partial charge is 0.332 e. The molecule has 164 valence electrons. The van der Waals surface area contributed by atoms with E-state index in [2.05, 4.69) is 60.4 Å². The number of hydrogen-bond acceptors (Lipinski definition) is 3. The molecule has 2 aromatic rings. The minimum absolute atomic E-state index is 0.155. The Labute approximate surface area is 185 Å². The molecule has 4 rings (SSSR count). The topological polar surface area (TPSA) is 43.9 Å². The zero-order valence-electron chi connectivity index (χ0n) is 18.5. The smallest absolute Gasteiger partial charge is 0.312 e. The van der Waals surface area contributed by atoms with Crippen LogP contribution in [0.5, 0.6) is 0 Å². The van der Waals surface area contributed by atoms with Crippen molar-refractivity contribution in [3.8, 4) is 0 Å². The number of hydrogen-bond donors (Lipinski definition) is 0. The zero-order valence-corrected chi connectivity index (χ0v) is 18.5. The lowest BCUT2D eigenvalue weighted by Crippen LogP contribution is -2.55. The van der Waals surface area contributed by atoms with Crippen molar-refractivity contribution in [3.63, 3.8) is 0 Å². The molecule has 0 radical (unpaired) electrons. The minimum Gasteiger partial charge on any atom is -0.332 e. The van der Waals surface area contributed by atoms with E-state index in [0.29, 0.717) is 19.6 Å². The maximum absolute atomic E-state index is 13.0. The maximum Gasteiger partial charge on any atom is 0.312 e. The fourth-order valence-electron chi connectivity index (χ4n) is 5.02. The molecule has 0 spiro atoms. The molecule has 2 aliphatic heterocycles. The fourth-order valence-corrected chi connectivity index (χ4v) is 5.02. The van der Waals surface area contributed by atoms with Crippen molar-refractivity contribution in [1.29, 1.82) is 0 Å². The highest BCUT2D eigenvalue weighted by atomic mass is 16.2. The van der Waals surface area contributed by atoms with Gasteiger partial charge in [0.2, 0.25) is 0 Å². The van der Waals surface area contributed by atoms with Gasteiger partial charge in [-0.15, -0.1) is 0 Å². The quantitative estimate of drug-likeness (QED) is 0.710. The fraction of sp³-hybridized carbons (Fsp3) is 0.462. The van der Waals surface area contributed by atoms with E-state index in [1.165, 1.54) is 11.1 Å². The van der Waals surface area contributed by atoms with Gasteiger partial charge in [0.25, 0.3) is 0 Å². The lowest BCUT2D eigenvalue weighted by Gasteiger charge is -2.41. The molecule has 0 saturated carbocycles. The monoisotopic (exact) mass is 419 g/mol. The van der Waals surface area contributed by atoms with Gasteiger partial charge in [0.1, 0.15) is 0 Å². The Morgan fingerprint density at radius 2 is 1.39 bits per heavy atom. The van der Waals surface area contributed by atoms with Crippen LogP contribution in [-0.4, -0.2) is 65.3 Å². The van der Waals surface area contributed by atoms with Crippen LogP contribution >= 0.6 is 0 Å². The standard InChI is InChI=1S/C26H33N3O2/c1-2-23-15-9-10-16-29(23)26(31)25(30)28-19-17-27(18-20-28)24(21-11-5-3-6-12-21)22-13-7-4-8-14-22/h3-8,11-14,23-24H,2,9-10,15-20H2,1H3. The Kier molecular flexibility index (Phi) is 7.03. The molecule has 0 aromatic heterocycles. The summed E-state index contributed by atoms with van der Waals surface area (Å²) < 4.78 is 0. The summed E-state index contributed by atoms with van der Waals surface area (Å²) in [4.78, 5) is 31.9. The van der Waals surface area contributed by atoms with Crippen LogP contribution in [0, 0.1) is 0 Å². The van der Waals surface area contributed by atoms with Gasteiger partial charge in [0, 0.05) is 38.8 Å². The van der Waals surface area contributed by atoms with Crippen LogP contribution in [-0.2, 0) is 9.59 Å². The van der Waals surface area contributed by atoms with E-state index >= 15 is 0 Å². The predicted octanol–water partition coefficient (Wildman–Crippen LogP) is 3.71. The molecule has 0 bridgehead atoms. The number of piperidine rings is 1. The van der Waals surface area contributed by atoms with Crippen LogP contribution in [0.15, 0.2) is 60.7 Å². The third-order valence-electron chi connectivity index (χ3n) is 6.74. The van der Waals surface area contributed by atoms with Gasteiger partial charge in [-0.05, 0) is 36.8 Å². The second-order valence-corrected chi connectivity index (χ2v) is 8.61. The molecule has 31 heavy (non-hydrogen) atoms. The molecule has 2 saturated heterocycles. The van der Waals surface area contributed by atoms with Crippen LogP contribution < -0.4 is 0 Å². The number of rotatable bonds is 4. The molecule has 2 aliphatic rings. The first-order valence-corrected chi connectivity index (χ1v) is 11.6. The number of likely N-dealkylation sites (tertiary alicyclic amines) is 1. The number of piperazine rings is 1. The minimum atomic E-state index is -0.323. The lowest BCUT2D eigenvalue weighted by molar-refractivity contribution is -0.155. The van der Waals surface area contributed by atoms with Gasteiger partial charge in [-0.25, -0.2) is 0 Å². The predicted molar refractivity (Wildman–Crippen MR) is 123 cm³/mol. The second-order valence-electron chi connectivity index (χ2n) is 8.61. The summed E-state index contributed by atoms with van der Waals surface area (Å²) in [6, 6.07) is 21.4. The average Bonchev–Trinajstić information content (AvgIpc) is 2.85. The van der Waals surface area contributed by atoms with E-state index < -0.39 is 0 Å². The van der Waals surface area contributed by atoms with Gasteiger partial charge in [0.15, 0.2) is 0 Å². The highest BCUT2D eigenvalue weighted by Crippen LogP contribution is 2.29. The van der Waals surface area contributed by atoms with E-state index in [0.717, 1.165) is 38.8 Å². The molecular weight excluding hydrogens is 386 g/mol. The van der Waals surface area contributed by atoms with Crippen LogP contribution in [0.1, 0.15) is 49.8 Å². The molecule has 0 aliphatic carbocycles. The van der Waals surface area contributed by atoms with Crippen LogP contribution in [0.4, 0.5) is 0 Å². The van der Waals surface area contributed by atoms with Crippen LogP contribution in [0.3, 0.4) is 0 Å². The third-order valence-corrected chi connectivity index (χ3v) is 6.74. The summed E-state index contributed by atoms with van der Waals surface area (Å²) in [6.45, 7) is 5.51. The van der Waals surface area contributed by atoms with Crippen molar-refractivity contribution < 1.29 is 9.59 Å². The lowest BCUT2D eigenvalue weighted by atomic mass is 9.96. The van der Waals surface area contributed by atoms with E-state index in [4.69, 9.17) is 0 Å². The van der Waals surface area contributed by atoms with Crippen molar-refractivity contribution in [2.75, 3.05) is 32.7 Å². The highest BCUT2D eigenvalue weighted by Gasteiger charge is 2.35. The number of carbonyl (C=O) groups is 2. The van der Waals surface area contributed by atoms with Crippen molar-refractivity contribution in [2.24, 2.45) is 0 Å². The number of benzene rings is 2. The molecule has 1 atom stereocenters. The Hall–Kier alpha value is -2.66. The van der Waals surface area contributed by atoms with E-state index in [9.17, 15) is 9.59 Å². The molecular formula is C26H33N3O2. The summed E-state index contributed by atoms with van der Waals surface area (Å²) in [5.74, 6) is -0.626. The van der Waals surface area contributed by atoms with Gasteiger partial charge in [-0.2, -0.15) is 0 Å². The van der Waals surface area contributed by atoms with Crippen LogP contribution in [0.2, 0.25) is 0 Å². The van der Waals surface area contributed by atoms with Crippen molar-refractivity contribution >= 4 is 11.8 Å². The summed E-state index contributed by atoms with van der Waals surface area (Å²) in [5, 5.41) is 0. The van der Waals surface area contributed by atoms with Crippen molar-refractivity contribution in [1.82, 2.24) is 14.7 Å². The average molecular weight is 420 g/mol. The molecule has 5 nitrogen and oxygen atoms in total. The second kappa shape index (κ2) is 10.1. The van der Waals surface area contributed by atoms with Gasteiger partial charge in [0.05, 0.1) is 6.04 Å². The third kappa shape index (κ3) is 4.82. The Morgan fingerprint density at radius 3 is 1.94 bits per heavy atom. The zero-order chi connectivity index (χ0) is 21.6. The van der Waals surface area contributed by atoms with E-state index in [-0.39, 0.29) is 23.9 Å². The molecule has 2 fully saturated rings. The summed E-state index contributed by atoms with van der Waals surface area (Å²) in [7, 11) is 0. The van der Waals surface area contributed by atoms with Crippen LogP contribution in [0.25, 0.3) is 0 Å². The molecule has 5 heteroatoms. The highest BCUT2D eigenvalue weighted by molar-refractivity contribution is 6.35. The van der Waals surface area contributed by atoms with E-state index in [1.807, 2.05) is 17.0 Å². The Bertz CT molecular complexity index is 823. The number of carbonyl (C=O) groups excluding carboxylic acids is 2. The first-order chi connectivity index (χ1) is 15.2. The van der Waals surface area contributed by atoms with Crippen molar-refractivity contribution in [2.45, 2.75) is 44.7 Å². The summed E-state index contributed by atoms with van der Waals surface area (Å²) >= 11 is 0. The Balaban J connectivity index is 1.44. The SMILES string of the molecule is CCC1CCCCN1C(=O)C(=O)N1CCN(C(c2ccccc2)c2ccccc2)CC1. The number of nitrogens with zero attached hydrogens (tertiary/aromatic N) is 3. The molecule has 0 N–H and O–H groups in total. The normalized spacial score (nSPS) is 20.1. The van der Waals surface area contributed by atoms with Crippen molar-refractivity contribution in [3.05, 3.63) is 71.8 Å². The first-order valence-electron chi connectivity index (χ1n) is 11.6. The number of amides is 2. The molecule has 2 heterocycles. The van der Waals surface area contributed by atoms with Gasteiger partial charge in [-0.3, -0.25) is 14.5 Å². The maximum atomic E-state index is 13.0. The summed E-state index contributed by atoms with van der Waals surface area (Å²) in [5.41, 5.74) is 2.51. The van der Waals surface area contributed by atoms with E-state index in [1.54, 1.807) is 4.90 Å².